The maximum Gasteiger partial charge on any atom is 0.335 e. The number of hydrogen-bond acceptors (Lipinski definition) is 3. The maximum atomic E-state index is 12.4. The largest absolute Gasteiger partial charge is 0.478 e. The Hall–Kier alpha value is -2.63. The number of amides is 1. The molecule has 1 saturated heterocycles. The first-order valence-corrected chi connectivity index (χ1v) is 10.8. The molecule has 2 aromatic rings. The van der Waals surface area contributed by atoms with Crippen LogP contribution in [0.2, 0.25) is 5.02 Å². The lowest BCUT2D eigenvalue weighted by Gasteiger charge is -2.30. The van der Waals surface area contributed by atoms with Gasteiger partial charge in [-0.15, -0.1) is 0 Å². The number of halogens is 1. The Bertz CT molecular complexity index is 950. The lowest BCUT2D eigenvalue weighted by Crippen LogP contribution is -2.35. The van der Waals surface area contributed by atoms with Crippen molar-refractivity contribution in [1.82, 2.24) is 4.90 Å². The summed E-state index contributed by atoms with van der Waals surface area (Å²) in [6.45, 7) is 4.50. The van der Waals surface area contributed by atoms with Gasteiger partial charge >= 0.3 is 5.97 Å². The van der Waals surface area contributed by atoms with Crippen LogP contribution in [0.15, 0.2) is 60.7 Å². The zero-order valence-corrected chi connectivity index (χ0v) is 18.5. The number of carboxylic acid groups (broad SMARTS) is 1. The van der Waals surface area contributed by atoms with Crippen molar-refractivity contribution in [2.75, 3.05) is 6.54 Å². The highest BCUT2D eigenvalue weighted by Crippen LogP contribution is 2.30. The Morgan fingerprint density at radius 3 is 2.45 bits per heavy atom. The Kier molecular flexibility index (Phi) is 7.19. The number of carboxylic acids is 1. The molecule has 1 heterocycles. The quantitative estimate of drug-likeness (QED) is 0.592. The van der Waals surface area contributed by atoms with Gasteiger partial charge in [-0.3, -0.25) is 4.79 Å². The number of hydrogen-bond donors (Lipinski definition) is 2. The molecule has 6 heteroatoms. The second-order valence-electron chi connectivity index (χ2n) is 8.50. The van der Waals surface area contributed by atoms with Crippen LogP contribution in [0.4, 0.5) is 0 Å². The van der Waals surface area contributed by atoms with E-state index in [1.54, 1.807) is 30.3 Å². The minimum Gasteiger partial charge on any atom is -0.478 e. The highest BCUT2D eigenvalue weighted by molar-refractivity contribution is 6.30. The summed E-state index contributed by atoms with van der Waals surface area (Å²) in [6, 6.07) is 14.1. The van der Waals surface area contributed by atoms with Gasteiger partial charge in [0.25, 0.3) is 0 Å². The first-order chi connectivity index (χ1) is 14.7. The molecule has 2 atom stereocenters. The Morgan fingerprint density at radius 1 is 1.19 bits per heavy atom. The van der Waals surface area contributed by atoms with Crippen molar-refractivity contribution < 1.29 is 19.8 Å². The van der Waals surface area contributed by atoms with E-state index in [-0.39, 0.29) is 17.5 Å². The molecule has 31 heavy (non-hydrogen) atoms. The molecule has 0 radical (unpaired) electrons. The first-order valence-electron chi connectivity index (χ1n) is 10.4. The smallest absolute Gasteiger partial charge is 0.335 e. The molecule has 1 fully saturated rings. The number of likely N-dealkylation sites (tertiary alicyclic amines) is 1. The van der Waals surface area contributed by atoms with Gasteiger partial charge in [0.2, 0.25) is 5.91 Å². The van der Waals surface area contributed by atoms with Gasteiger partial charge in [-0.25, -0.2) is 4.79 Å². The molecule has 164 valence electrons. The monoisotopic (exact) mass is 441 g/mol. The normalized spacial score (nSPS) is 18.0. The molecule has 0 aliphatic carbocycles. The SMILES string of the molecule is CC(C)(c1ccc(Cl)cc1)[C@H](O)C=C[C@H]1CCC(=O)N1CCc1ccc(C(=O)O)cc1. The molecular weight excluding hydrogens is 414 g/mol. The van der Waals surface area contributed by atoms with E-state index in [9.17, 15) is 14.7 Å². The molecule has 3 rings (SSSR count). The van der Waals surface area contributed by atoms with Crippen LogP contribution < -0.4 is 0 Å². The summed E-state index contributed by atoms with van der Waals surface area (Å²) in [5, 5.41) is 20.5. The van der Waals surface area contributed by atoms with E-state index < -0.39 is 17.5 Å². The van der Waals surface area contributed by atoms with E-state index in [0.717, 1.165) is 17.5 Å². The van der Waals surface area contributed by atoms with Gasteiger partial charge in [0.15, 0.2) is 0 Å². The number of aromatic carboxylic acids is 1. The number of aliphatic hydroxyl groups is 1. The summed E-state index contributed by atoms with van der Waals surface area (Å²) >= 11 is 5.97. The fourth-order valence-corrected chi connectivity index (χ4v) is 3.96. The number of rotatable bonds is 8. The van der Waals surface area contributed by atoms with Crippen molar-refractivity contribution >= 4 is 23.5 Å². The highest BCUT2D eigenvalue weighted by Gasteiger charge is 2.31. The standard InChI is InChI=1S/C25H28ClNO4/c1-25(2,19-7-9-20(26)10-8-19)22(28)13-11-21-12-14-23(29)27(21)16-15-17-3-5-18(6-4-17)24(30)31/h3-11,13,21-22,28H,12,14-16H2,1-2H3,(H,30,31)/t21-,22+/m0/s1. The average Bonchev–Trinajstić information content (AvgIpc) is 3.10. The predicted octanol–water partition coefficient (Wildman–Crippen LogP) is 4.47. The molecule has 0 saturated carbocycles. The fourth-order valence-electron chi connectivity index (χ4n) is 3.83. The molecule has 1 aliphatic rings. The number of aliphatic hydroxyl groups excluding tert-OH is 1. The van der Waals surface area contributed by atoms with E-state index in [0.29, 0.717) is 24.4 Å². The van der Waals surface area contributed by atoms with Crippen molar-refractivity contribution in [3.63, 3.8) is 0 Å². The van der Waals surface area contributed by atoms with E-state index in [2.05, 4.69) is 0 Å². The second kappa shape index (κ2) is 9.67. The number of nitrogens with zero attached hydrogens (tertiary/aromatic N) is 1. The second-order valence-corrected chi connectivity index (χ2v) is 8.94. The lowest BCUT2D eigenvalue weighted by atomic mass is 9.79. The molecule has 0 unspecified atom stereocenters. The van der Waals surface area contributed by atoms with Crippen LogP contribution >= 0.6 is 11.6 Å². The number of carbonyl (C=O) groups is 2. The van der Waals surface area contributed by atoms with Crippen LogP contribution in [-0.2, 0) is 16.6 Å². The van der Waals surface area contributed by atoms with Gasteiger partial charge in [-0.1, -0.05) is 61.9 Å². The predicted molar refractivity (Wildman–Crippen MR) is 121 cm³/mol. The Morgan fingerprint density at radius 2 is 1.84 bits per heavy atom. The minimum atomic E-state index is -0.952. The van der Waals surface area contributed by atoms with Crippen molar-refractivity contribution in [1.29, 1.82) is 0 Å². The molecule has 2 aromatic carbocycles. The molecular formula is C25H28ClNO4. The molecule has 1 amide bonds. The van der Waals surface area contributed by atoms with Crippen LogP contribution in [0.3, 0.4) is 0 Å². The maximum absolute atomic E-state index is 12.4. The van der Waals surface area contributed by atoms with Crippen LogP contribution in [-0.4, -0.2) is 45.7 Å². The highest BCUT2D eigenvalue weighted by atomic mass is 35.5. The third-order valence-corrected chi connectivity index (χ3v) is 6.31. The van der Waals surface area contributed by atoms with Crippen molar-refractivity contribution in [2.24, 2.45) is 0 Å². The van der Waals surface area contributed by atoms with E-state index in [1.807, 2.05) is 49.1 Å². The summed E-state index contributed by atoms with van der Waals surface area (Å²) in [7, 11) is 0. The Labute approximate surface area is 188 Å². The number of carbonyl (C=O) groups excluding carboxylic acids is 1. The van der Waals surface area contributed by atoms with Gasteiger partial charge in [-0.2, -0.15) is 0 Å². The van der Waals surface area contributed by atoms with Crippen molar-refractivity contribution in [3.8, 4) is 0 Å². The third-order valence-electron chi connectivity index (χ3n) is 6.06. The summed E-state index contributed by atoms with van der Waals surface area (Å²) in [6.07, 6.45) is 4.86. The van der Waals surface area contributed by atoms with Crippen LogP contribution in [0, 0.1) is 0 Å². The van der Waals surface area contributed by atoms with Crippen LogP contribution in [0.1, 0.15) is 48.2 Å². The zero-order valence-electron chi connectivity index (χ0n) is 17.8. The first kappa shape index (κ1) is 23.0. The van der Waals surface area contributed by atoms with Crippen molar-refractivity contribution in [2.45, 2.75) is 50.7 Å². The molecule has 5 nitrogen and oxygen atoms in total. The van der Waals surface area contributed by atoms with Gasteiger partial charge in [0.05, 0.1) is 17.7 Å². The third kappa shape index (κ3) is 5.54. The summed E-state index contributed by atoms with van der Waals surface area (Å²) in [4.78, 5) is 25.2. The molecule has 0 spiro atoms. The summed E-state index contributed by atoms with van der Waals surface area (Å²) < 4.78 is 0. The summed E-state index contributed by atoms with van der Waals surface area (Å²) in [5.74, 6) is -0.852. The van der Waals surface area contributed by atoms with Gasteiger partial charge < -0.3 is 15.1 Å². The van der Waals surface area contributed by atoms with Crippen LogP contribution in [0.25, 0.3) is 0 Å². The minimum absolute atomic E-state index is 0.0542. The Balaban J connectivity index is 1.64. The molecule has 1 aliphatic heterocycles. The van der Waals surface area contributed by atoms with E-state index in [1.165, 1.54) is 0 Å². The topological polar surface area (TPSA) is 77.8 Å². The van der Waals surface area contributed by atoms with E-state index in [4.69, 9.17) is 16.7 Å². The van der Waals surface area contributed by atoms with Gasteiger partial charge in [0.1, 0.15) is 0 Å². The number of benzene rings is 2. The van der Waals surface area contributed by atoms with Gasteiger partial charge in [-0.05, 0) is 48.2 Å². The zero-order chi connectivity index (χ0) is 22.6. The lowest BCUT2D eigenvalue weighted by molar-refractivity contribution is -0.128. The molecule has 0 aromatic heterocycles. The van der Waals surface area contributed by atoms with Gasteiger partial charge in [0, 0.05) is 23.4 Å². The summed E-state index contributed by atoms with van der Waals surface area (Å²) in [5.41, 5.74) is 1.72. The fraction of sp³-hybridized carbons (Fsp3) is 0.360. The molecule has 2 N–H and O–H groups in total. The molecule has 0 bridgehead atoms. The van der Waals surface area contributed by atoms with Crippen LogP contribution in [0.5, 0.6) is 0 Å². The average molecular weight is 442 g/mol. The van der Waals surface area contributed by atoms with E-state index >= 15 is 0 Å². The van der Waals surface area contributed by atoms with Crippen molar-refractivity contribution in [3.05, 3.63) is 82.4 Å².